The maximum absolute atomic E-state index is 12.5. The van der Waals surface area contributed by atoms with Crippen molar-refractivity contribution in [3.05, 3.63) is 99.6 Å². The van der Waals surface area contributed by atoms with E-state index in [1.54, 1.807) is 48.5 Å². The zero-order valence-electron chi connectivity index (χ0n) is 22.1. The highest BCUT2D eigenvalue weighted by Crippen LogP contribution is 2.30. The molecule has 1 fully saturated rings. The Labute approximate surface area is 237 Å². The molecule has 0 bridgehead atoms. The molecule has 1 aliphatic heterocycles. The molecule has 0 radical (unpaired) electrons. The Balaban J connectivity index is 0.00000400. The van der Waals surface area contributed by atoms with Crippen molar-refractivity contribution in [3.8, 4) is 0 Å². The van der Waals surface area contributed by atoms with Gasteiger partial charge in [-0.3, -0.25) is 9.59 Å². The molecule has 0 aliphatic carbocycles. The first-order valence-electron chi connectivity index (χ1n) is 13.1. The Morgan fingerprint density at radius 3 is 2.16 bits per heavy atom. The van der Waals surface area contributed by atoms with Gasteiger partial charge < -0.3 is 15.5 Å². The predicted molar refractivity (Wildman–Crippen MR) is 159 cm³/mol. The lowest BCUT2D eigenvalue weighted by Crippen LogP contribution is -2.34. The number of carbonyl (C=O) groups excluding carboxylic acids is 2. The summed E-state index contributed by atoms with van der Waals surface area (Å²) < 4.78 is 0. The standard InChI is InChI=1S/C31H36ClN3O2.ClH/c1-22-5-14-29(23(2)21-22)24-15-19-35(20-16-24)18-4-3-17-33-30(36)25-8-12-28(13-9-25)34-31(37)26-6-10-27(32)11-7-26;/h5-14,21,24H,3-4,15-20H2,1-2H3,(H,33,36)(H,34,37);1H. The average molecular weight is 555 g/mol. The molecule has 0 atom stereocenters. The fourth-order valence-electron chi connectivity index (χ4n) is 5.03. The number of halogens is 2. The molecule has 0 unspecified atom stereocenters. The topological polar surface area (TPSA) is 61.4 Å². The fraction of sp³-hybridized carbons (Fsp3) is 0.355. The van der Waals surface area contributed by atoms with E-state index < -0.39 is 0 Å². The van der Waals surface area contributed by atoms with E-state index in [2.05, 4.69) is 47.6 Å². The van der Waals surface area contributed by atoms with E-state index >= 15 is 0 Å². The summed E-state index contributed by atoms with van der Waals surface area (Å²) in [6.07, 6.45) is 4.47. The van der Waals surface area contributed by atoms with Gasteiger partial charge in [0.1, 0.15) is 0 Å². The largest absolute Gasteiger partial charge is 0.352 e. The number of hydrogen-bond donors (Lipinski definition) is 2. The molecule has 3 aromatic rings. The summed E-state index contributed by atoms with van der Waals surface area (Å²) in [5, 5.41) is 6.43. The van der Waals surface area contributed by atoms with Crippen LogP contribution in [0.2, 0.25) is 5.02 Å². The van der Waals surface area contributed by atoms with Crippen LogP contribution in [0.1, 0.15) is 69.0 Å². The first-order valence-corrected chi connectivity index (χ1v) is 13.5. The van der Waals surface area contributed by atoms with E-state index in [0.717, 1.165) is 32.5 Å². The second-order valence-electron chi connectivity index (χ2n) is 9.98. The van der Waals surface area contributed by atoms with Crippen LogP contribution in [0, 0.1) is 13.8 Å². The van der Waals surface area contributed by atoms with E-state index in [1.807, 2.05) is 0 Å². The number of nitrogens with zero attached hydrogens (tertiary/aromatic N) is 1. The molecule has 3 aromatic carbocycles. The number of likely N-dealkylation sites (tertiary alicyclic amines) is 1. The Morgan fingerprint density at radius 2 is 1.50 bits per heavy atom. The molecule has 38 heavy (non-hydrogen) atoms. The monoisotopic (exact) mass is 553 g/mol. The Bertz CT molecular complexity index is 1200. The van der Waals surface area contributed by atoms with Crippen LogP contribution in [0.5, 0.6) is 0 Å². The lowest BCUT2D eigenvalue weighted by molar-refractivity contribution is 0.0951. The van der Waals surface area contributed by atoms with Gasteiger partial charge in [-0.15, -0.1) is 12.4 Å². The summed E-state index contributed by atoms with van der Waals surface area (Å²) in [6.45, 7) is 8.42. The van der Waals surface area contributed by atoms with Gasteiger partial charge >= 0.3 is 0 Å². The minimum Gasteiger partial charge on any atom is -0.352 e. The molecular formula is C31H37Cl2N3O2. The Kier molecular flexibility index (Phi) is 11.2. The molecule has 1 heterocycles. The lowest BCUT2D eigenvalue weighted by atomic mass is 9.86. The Morgan fingerprint density at radius 1 is 0.868 bits per heavy atom. The number of rotatable bonds is 9. The molecule has 0 aromatic heterocycles. The predicted octanol–water partition coefficient (Wildman–Crippen LogP) is 7.02. The van der Waals surface area contributed by atoms with Gasteiger partial charge in [0.05, 0.1) is 0 Å². The smallest absolute Gasteiger partial charge is 0.255 e. The molecule has 0 saturated carbocycles. The summed E-state index contributed by atoms with van der Waals surface area (Å²) in [7, 11) is 0. The van der Waals surface area contributed by atoms with Crippen molar-refractivity contribution in [3.63, 3.8) is 0 Å². The van der Waals surface area contributed by atoms with E-state index in [4.69, 9.17) is 11.6 Å². The molecule has 4 rings (SSSR count). The highest BCUT2D eigenvalue weighted by Gasteiger charge is 2.21. The summed E-state index contributed by atoms with van der Waals surface area (Å²) >= 11 is 5.87. The van der Waals surface area contributed by atoms with E-state index in [9.17, 15) is 9.59 Å². The second kappa shape index (κ2) is 14.3. The number of unbranched alkanes of at least 4 members (excludes halogenated alkanes) is 1. The molecule has 5 nitrogen and oxygen atoms in total. The van der Waals surface area contributed by atoms with Crippen LogP contribution >= 0.6 is 24.0 Å². The van der Waals surface area contributed by atoms with E-state index in [0.29, 0.717) is 34.3 Å². The van der Waals surface area contributed by atoms with Crippen LogP contribution in [0.4, 0.5) is 5.69 Å². The number of aryl methyl sites for hydroxylation is 2. The van der Waals surface area contributed by atoms with Gasteiger partial charge in [0.25, 0.3) is 11.8 Å². The van der Waals surface area contributed by atoms with Crippen molar-refractivity contribution in [2.24, 2.45) is 0 Å². The van der Waals surface area contributed by atoms with Gasteiger partial charge in [0.15, 0.2) is 0 Å². The van der Waals surface area contributed by atoms with Crippen molar-refractivity contribution in [2.45, 2.75) is 45.4 Å². The Hall–Kier alpha value is -2.86. The maximum atomic E-state index is 12.5. The number of nitrogens with one attached hydrogen (secondary N) is 2. The molecule has 202 valence electrons. The van der Waals surface area contributed by atoms with E-state index in [1.165, 1.54) is 29.5 Å². The molecule has 2 N–H and O–H groups in total. The number of anilines is 1. The van der Waals surface area contributed by atoms with Crippen LogP contribution in [-0.4, -0.2) is 42.9 Å². The number of benzene rings is 3. The summed E-state index contributed by atoms with van der Waals surface area (Å²) in [5.74, 6) is 0.363. The van der Waals surface area contributed by atoms with Gasteiger partial charge in [0.2, 0.25) is 0 Å². The minimum atomic E-state index is -0.219. The van der Waals surface area contributed by atoms with Gasteiger partial charge in [0, 0.05) is 28.4 Å². The van der Waals surface area contributed by atoms with Crippen LogP contribution in [0.3, 0.4) is 0 Å². The van der Waals surface area contributed by atoms with E-state index in [-0.39, 0.29) is 24.2 Å². The van der Waals surface area contributed by atoms with Crippen molar-refractivity contribution in [1.82, 2.24) is 10.2 Å². The van der Waals surface area contributed by atoms with Gasteiger partial charge in [-0.25, -0.2) is 0 Å². The molecule has 1 saturated heterocycles. The number of amides is 2. The highest BCUT2D eigenvalue weighted by molar-refractivity contribution is 6.30. The molecular weight excluding hydrogens is 517 g/mol. The quantitative estimate of drug-likeness (QED) is 0.280. The highest BCUT2D eigenvalue weighted by atomic mass is 35.5. The SMILES string of the molecule is Cc1ccc(C2CCN(CCCCNC(=O)c3ccc(NC(=O)c4ccc(Cl)cc4)cc3)CC2)c(C)c1.Cl. The summed E-state index contributed by atoms with van der Waals surface area (Å²) in [5.41, 5.74) is 6.02. The van der Waals surface area contributed by atoms with Crippen molar-refractivity contribution in [1.29, 1.82) is 0 Å². The zero-order valence-corrected chi connectivity index (χ0v) is 23.7. The molecule has 7 heteroatoms. The van der Waals surface area contributed by atoms with Crippen LogP contribution in [0.25, 0.3) is 0 Å². The van der Waals surface area contributed by atoms with Crippen molar-refractivity contribution >= 4 is 41.5 Å². The van der Waals surface area contributed by atoms with Crippen LogP contribution < -0.4 is 10.6 Å². The average Bonchev–Trinajstić information content (AvgIpc) is 2.90. The number of carbonyl (C=O) groups is 2. The van der Waals surface area contributed by atoms with Gasteiger partial charge in [-0.05, 0) is 125 Å². The first-order chi connectivity index (χ1) is 17.9. The van der Waals surface area contributed by atoms with Crippen LogP contribution in [-0.2, 0) is 0 Å². The lowest BCUT2D eigenvalue weighted by Gasteiger charge is -2.33. The maximum Gasteiger partial charge on any atom is 0.255 e. The minimum absolute atomic E-state index is 0. The van der Waals surface area contributed by atoms with Gasteiger partial charge in [-0.1, -0.05) is 35.4 Å². The van der Waals surface area contributed by atoms with Gasteiger partial charge in [-0.2, -0.15) is 0 Å². The normalized spacial score (nSPS) is 14.0. The van der Waals surface area contributed by atoms with Crippen molar-refractivity contribution < 1.29 is 9.59 Å². The molecule has 0 spiro atoms. The molecule has 1 aliphatic rings. The molecule has 2 amide bonds. The third kappa shape index (κ3) is 8.32. The number of piperidine rings is 1. The number of hydrogen-bond acceptors (Lipinski definition) is 3. The van der Waals surface area contributed by atoms with Crippen LogP contribution in [0.15, 0.2) is 66.7 Å². The first kappa shape index (κ1) is 29.7. The summed E-state index contributed by atoms with van der Waals surface area (Å²) in [4.78, 5) is 27.4. The second-order valence-corrected chi connectivity index (χ2v) is 10.4. The van der Waals surface area contributed by atoms with Crippen molar-refractivity contribution in [2.75, 3.05) is 31.5 Å². The third-order valence-corrected chi connectivity index (χ3v) is 7.40. The fourth-order valence-corrected chi connectivity index (χ4v) is 5.15. The summed E-state index contributed by atoms with van der Waals surface area (Å²) in [6, 6.07) is 20.5. The zero-order chi connectivity index (χ0) is 26.2. The third-order valence-electron chi connectivity index (χ3n) is 7.15.